The number of halogens is 1. The highest BCUT2D eigenvalue weighted by atomic mass is 35.5. The molecule has 1 saturated heterocycles. The van der Waals surface area contributed by atoms with Crippen LogP contribution >= 0.6 is 34.7 Å². The largest absolute Gasteiger partial charge is 0.490 e. The second kappa shape index (κ2) is 12.1. The molecule has 2 bridgehead atoms. The van der Waals surface area contributed by atoms with E-state index in [1.54, 1.807) is 42.1 Å². The number of H-pyrrole nitrogens is 1. The quantitative estimate of drug-likeness (QED) is 0.202. The highest BCUT2D eigenvalue weighted by Gasteiger charge is 2.69. The summed E-state index contributed by atoms with van der Waals surface area (Å²) in [4.78, 5) is 58.6. The van der Waals surface area contributed by atoms with Gasteiger partial charge >= 0.3 is 4.87 Å². The fourth-order valence-corrected chi connectivity index (χ4v) is 11.3. The maximum Gasteiger partial charge on any atom is 0.305 e. The predicted octanol–water partition coefficient (Wildman–Crippen LogP) is 6.49. The van der Waals surface area contributed by atoms with Crippen molar-refractivity contribution in [3.63, 3.8) is 0 Å². The monoisotopic (exact) mass is 701 g/mol. The van der Waals surface area contributed by atoms with Crippen molar-refractivity contribution in [3.8, 4) is 11.5 Å². The van der Waals surface area contributed by atoms with Gasteiger partial charge in [-0.15, -0.1) is 11.8 Å². The molecule has 1 aromatic heterocycles. The van der Waals surface area contributed by atoms with Crippen molar-refractivity contribution in [1.82, 2.24) is 4.98 Å². The average molecular weight is 702 g/mol. The SMILES string of the molecule is CCOc1cc([C@H]2c3sc(=O)[nH]c3SC3C4CC(C5C(=O)N(c6ccc(C)cc6)C(=O)C45)C32)ccc1OCC(=O)Nc1ccc(Cl)cc1. The molecule has 3 fully saturated rings. The molecule has 8 rings (SSSR count). The van der Waals surface area contributed by atoms with Gasteiger partial charge in [0.15, 0.2) is 18.1 Å². The number of thioether (sulfide) groups is 1. The molecule has 9 nitrogen and oxygen atoms in total. The lowest BCUT2D eigenvalue weighted by atomic mass is 9.68. The summed E-state index contributed by atoms with van der Waals surface area (Å²) in [7, 11) is 0. The molecule has 3 aromatic carbocycles. The summed E-state index contributed by atoms with van der Waals surface area (Å²) in [6.45, 7) is 4.02. The molecule has 3 heterocycles. The summed E-state index contributed by atoms with van der Waals surface area (Å²) in [5, 5.41) is 4.27. The molecule has 12 heteroatoms. The molecule has 4 aliphatic rings. The van der Waals surface area contributed by atoms with Crippen LogP contribution in [0, 0.1) is 36.5 Å². The first-order valence-corrected chi connectivity index (χ1v) is 18.1. The number of carbonyl (C=O) groups excluding carboxylic acids is 3. The van der Waals surface area contributed by atoms with Crippen LogP contribution in [0.1, 0.15) is 35.3 Å². The summed E-state index contributed by atoms with van der Waals surface area (Å²) in [6.07, 6.45) is 0.800. The Bertz CT molecular complexity index is 1990. The van der Waals surface area contributed by atoms with Crippen LogP contribution in [0.3, 0.4) is 0 Å². The summed E-state index contributed by atoms with van der Waals surface area (Å²) < 4.78 is 12.0. The Morgan fingerprint density at radius 1 is 0.958 bits per heavy atom. The number of imide groups is 1. The number of rotatable bonds is 8. The van der Waals surface area contributed by atoms with Crippen LogP contribution < -0.4 is 24.6 Å². The van der Waals surface area contributed by atoms with Gasteiger partial charge in [-0.3, -0.25) is 24.1 Å². The molecule has 6 unspecified atom stereocenters. The van der Waals surface area contributed by atoms with Gasteiger partial charge < -0.3 is 19.8 Å². The van der Waals surface area contributed by atoms with Gasteiger partial charge in [-0.2, -0.15) is 0 Å². The van der Waals surface area contributed by atoms with E-state index >= 15 is 0 Å². The van der Waals surface area contributed by atoms with Gasteiger partial charge in [-0.1, -0.05) is 46.7 Å². The van der Waals surface area contributed by atoms with Crippen molar-refractivity contribution >= 4 is 63.8 Å². The van der Waals surface area contributed by atoms with E-state index in [1.165, 1.54) is 16.2 Å². The average Bonchev–Trinajstić information content (AvgIpc) is 3.81. The number of fused-ring (bicyclic) bond motifs is 9. The Labute approximate surface area is 290 Å². The third-order valence-electron chi connectivity index (χ3n) is 10.1. The number of anilines is 2. The first kappa shape index (κ1) is 31.2. The van der Waals surface area contributed by atoms with Crippen LogP contribution in [0.5, 0.6) is 11.5 Å². The minimum Gasteiger partial charge on any atom is -0.490 e. The minimum absolute atomic E-state index is 0.0113. The fraction of sp³-hybridized carbons (Fsp3) is 0.333. The molecule has 2 saturated carbocycles. The van der Waals surface area contributed by atoms with Crippen LogP contribution in [-0.2, 0) is 14.4 Å². The lowest BCUT2D eigenvalue weighted by Gasteiger charge is -2.43. The van der Waals surface area contributed by atoms with E-state index in [1.807, 2.05) is 50.2 Å². The molecule has 0 radical (unpaired) electrons. The van der Waals surface area contributed by atoms with Crippen molar-refractivity contribution in [3.05, 3.63) is 97.4 Å². The third-order valence-corrected chi connectivity index (χ3v) is 13.0. The van der Waals surface area contributed by atoms with Crippen molar-refractivity contribution in [2.45, 2.75) is 36.5 Å². The smallest absolute Gasteiger partial charge is 0.305 e. The Balaban J connectivity index is 1.10. The number of hydrogen-bond acceptors (Lipinski definition) is 8. The third kappa shape index (κ3) is 5.14. The number of amides is 3. The summed E-state index contributed by atoms with van der Waals surface area (Å²) in [6, 6.07) is 20.1. The molecular weight excluding hydrogens is 670 g/mol. The normalized spacial score (nSPS) is 26.6. The van der Waals surface area contributed by atoms with Gasteiger partial charge in [0.25, 0.3) is 5.91 Å². The van der Waals surface area contributed by atoms with Crippen LogP contribution in [0.25, 0.3) is 0 Å². The molecule has 3 amide bonds. The number of thiazole rings is 1. The van der Waals surface area contributed by atoms with Crippen LogP contribution in [0.15, 0.2) is 76.6 Å². The number of aromatic amines is 1. The van der Waals surface area contributed by atoms with Crippen molar-refractivity contribution in [1.29, 1.82) is 0 Å². The van der Waals surface area contributed by atoms with E-state index in [-0.39, 0.29) is 64.0 Å². The maximum absolute atomic E-state index is 14.1. The zero-order valence-corrected chi connectivity index (χ0v) is 28.5. The number of ether oxygens (including phenoxy) is 2. The number of hydrogen-bond donors (Lipinski definition) is 2. The van der Waals surface area contributed by atoms with Crippen molar-refractivity contribution < 1.29 is 23.9 Å². The summed E-state index contributed by atoms with van der Waals surface area (Å²) in [5.74, 6) is -0.514. The number of carbonyl (C=O) groups is 3. The van der Waals surface area contributed by atoms with E-state index in [0.717, 1.165) is 27.5 Å². The molecule has 2 aliphatic carbocycles. The van der Waals surface area contributed by atoms with E-state index in [0.29, 0.717) is 34.5 Å². The molecule has 0 spiro atoms. The summed E-state index contributed by atoms with van der Waals surface area (Å²) >= 11 is 8.82. The molecule has 4 aromatic rings. The van der Waals surface area contributed by atoms with Gasteiger partial charge in [0.2, 0.25) is 11.8 Å². The number of nitrogens with zero attached hydrogens (tertiary/aromatic N) is 1. The lowest BCUT2D eigenvalue weighted by molar-refractivity contribution is -0.123. The molecule has 246 valence electrons. The standard InChI is InChI=1S/C36H32ClN3O6S2/c1-3-45-25-14-18(6-13-24(25)46-16-26(41)38-20-9-7-19(37)8-10-20)27-28-22-15-23(31(28)47-33-32(27)48-36(44)39-33)30-29(22)34(42)40(35(30)43)21-11-4-17(2)5-12-21/h4-14,22-23,27-31H,3,15-16H2,1-2H3,(H,38,41)(H,39,44)/t22?,23?,27-,28?,29?,30?,31?/m1/s1. The first-order valence-electron chi connectivity index (χ1n) is 16.0. The van der Waals surface area contributed by atoms with Crippen LogP contribution in [-0.4, -0.2) is 41.2 Å². The highest BCUT2D eigenvalue weighted by molar-refractivity contribution is 8.00. The Kier molecular flexibility index (Phi) is 7.88. The zero-order chi connectivity index (χ0) is 33.3. The number of aromatic nitrogens is 1. The molecule has 2 N–H and O–H groups in total. The number of nitrogens with one attached hydrogen (secondary N) is 2. The molecular formula is C36H32ClN3O6S2. The molecule has 2 aliphatic heterocycles. The Morgan fingerprint density at radius 2 is 1.69 bits per heavy atom. The molecule has 7 atom stereocenters. The van der Waals surface area contributed by atoms with Gasteiger partial charge in [0, 0.05) is 26.8 Å². The zero-order valence-electron chi connectivity index (χ0n) is 26.1. The Hall–Kier alpha value is -4.06. The molecule has 48 heavy (non-hydrogen) atoms. The number of aryl methyl sites for hydroxylation is 1. The minimum atomic E-state index is -0.390. The second-order valence-electron chi connectivity index (χ2n) is 12.8. The van der Waals surface area contributed by atoms with E-state index in [4.69, 9.17) is 21.1 Å². The summed E-state index contributed by atoms with van der Waals surface area (Å²) in [5.41, 5.74) is 3.24. The van der Waals surface area contributed by atoms with E-state index < -0.39 is 5.92 Å². The van der Waals surface area contributed by atoms with Gasteiger partial charge in [0.05, 0.1) is 29.2 Å². The highest BCUT2D eigenvalue weighted by Crippen LogP contribution is 2.68. The topological polar surface area (TPSA) is 118 Å². The lowest BCUT2D eigenvalue weighted by Crippen LogP contribution is -2.42. The van der Waals surface area contributed by atoms with E-state index in [2.05, 4.69) is 10.3 Å². The maximum atomic E-state index is 14.1. The van der Waals surface area contributed by atoms with E-state index in [9.17, 15) is 19.2 Å². The van der Waals surface area contributed by atoms with Crippen LogP contribution in [0.2, 0.25) is 5.02 Å². The van der Waals surface area contributed by atoms with Gasteiger partial charge in [-0.05, 0) is 92.1 Å². The van der Waals surface area contributed by atoms with Crippen molar-refractivity contribution in [2.24, 2.45) is 29.6 Å². The van der Waals surface area contributed by atoms with Crippen molar-refractivity contribution in [2.75, 3.05) is 23.4 Å². The van der Waals surface area contributed by atoms with Gasteiger partial charge in [0.1, 0.15) is 0 Å². The predicted molar refractivity (Wildman–Crippen MR) is 185 cm³/mol. The first-order chi connectivity index (χ1) is 23.2. The van der Waals surface area contributed by atoms with Gasteiger partial charge in [-0.25, -0.2) is 0 Å². The number of benzene rings is 3. The fourth-order valence-electron chi connectivity index (χ4n) is 8.32. The Morgan fingerprint density at radius 3 is 2.42 bits per heavy atom. The van der Waals surface area contributed by atoms with Crippen LogP contribution in [0.4, 0.5) is 11.4 Å². The second-order valence-corrected chi connectivity index (χ2v) is 15.4.